The van der Waals surface area contributed by atoms with Crippen LogP contribution in [0.5, 0.6) is 5.75 Å². The van der Waals surface area contributed by atoms with Crippen LogP contribution in [0.4, 0.5) is 5.69 Å². The maximum atomic E-state index is 12.7. The molecule has 0 heterocycles. The Morgan fingerprint density at radius 3 is 2.58 bits per heavy atom. The number of amides is 1. The van der Waals surface area contributed by atoms with Crippen LogP contribution < -0.4 is 10.1 Å². The fourth-order valence-corrected chi connectivity index (χ4v) is 2.97. The van der Waals surface area contributed by atoms with E-state index in [2.05, 4.69) is 5.32 Å². The van der Waals surface area contributed by atoms with Gasteiger partial charge >= 0.3 is 0 Å². The van der Waals surface area contributed by atoms with Crippen molar-refractivity contribution in [2.45, 2.75) is 13.0 Å². The molecule has 1 amide bonds. The Balaban J connectivity index is 1.92. The van der Waals surface area contributed by atoms with Crippen molar-refractivity contribution in [3.05, 3.63) is 81.9 Å². The minimum atomic E-state index is -0.537. The van der Waals surface area contributed by atoms with E-state index in [1.807, 2.05) is 49.4 Å². The quantitative estimate of drug-likeness (QED) is 0.551. The molecule has 0 aliphatic carbocycles. The molecule has 0 saturated heterocycles. The van der Waals surface area contributed by atoms with Gasteiger partial charge in [-0.15, -0.1) is 0 Å². The predicted molar refractivity (Wildman–Crippen MR) is 99.5 cm³/mol. The third kappa shape index (κ3) is 3.35. The van der Waals surface area contributed by atoms with E-state index in [-0.39, 0.29) is 17.3 Å². The third-order valence-corrected chi connectivity index (χ3v) is 4.28. The van der Waals surface area contributed by atoms with Crippen LogP contribution in [-0.2, 0) is 0 Å². The van der Waals surface area contributed by atoms with Gasteiger partial charge in [0, 0.05) is 12.1 Å². The van der Waals surface area contributed by atoms with Crippen LogP contribution in [0.15, 0.2) is 60.7 Å². The summed E-state index contributed by atoms with van der Waals surface area (Å²) >= 11 is 0. The Morgan fingerprint density at radius 2 is 1.85 bits per heavy atom. The second-order valence-corrected chi connectivity index (χ2v) is 5.91. The molecule has 0 saturated carbocycles. The van der Waals surface area contributed by atoms with Gasteiger partial charge in [-0.05, 0) is 29.3 Å². The van der Waals surface area contributed by atoms with Crippen LogP contribution in [0, 0.1) is 10.1 Å². The van der Waals surface area contributed by atoms with E-state index in [1.165, 1.54) is 25.3 Å². The Hall–Kier alpha value is -3.41. The number of non-ortho nitro benzene ring substituents is 1. The number of ether oxygens (including phenoxy) is 1. The summed E-state index contributed by atoms with van der Waals surface area (Å²) in [4.78, 5) is 23.2. The number of benzene rings is 3. The van der Waals surface area contributed by atoms with Crippen molar-refractivity contribution in [2.75, 3.05) is 7.11 Å². The number of nitro benzene ring substituents is 1. The molecule has 0 radical (unpaired) electrons. The maximum Gasteiger partial charge on any atom is 0.270 e. The number of nitro groups is 1. The molecule has 0 spiro atoms. The average molecular weight is 350 g/mol. The summed E-state index contributed by atoms with van der Waals surface area (Å²) in [5, 5.41) is 16.0. The lowest BCUT2D eigenvalue weighted by molar-refractivity contribution is -0.384. The molecule has 1 N–H and O–H groups in total. The zero-order chi connectivity index (χ0) is 18.7. The summed E-state index contributed by atoms with van der Waals surface area (Å²) in [6, 6.07) is 17.5. The van der Waals surface area contributed by atoms with E-state index in [0.29, 0.717) is 5.75 Å². The van der Waals surface area contributed by atoms with Gasteiger partial charge < -0.3 is 10.1 Å². The highest BCUT2D eigenvalue weighted by atomic mass is 16.6. The summed E-state index contributed by atoms with van der Waals surface area (Å²) in [6.45, 7) is 1.88. The van der Waals surface area contributed by atoms with Crippen LogP contribution >= 0.6 is 0 Å². The van der Waals surface area contributed by atoms with Gasteiger partial charge in [-0.1, -0.05) is 42.5 Å². The van der Waals surface area contributed by atoms with Crippen LogP contribution in [0.25, 0.3) is 10.8 Å². The smallest absolute Gasteiger partial charge is 0.270 e. The lowest BCUT2D eigenvalue weighted by Crippen LogP contribution is -2.27. The van der Waals surface area contributed by atoms with Gasteiger partial charge in [0.05, 0.1) is 23.6 Å². The van der Waals surface area contributed by atoms with Gasteiger partial charge in [0.2, 0.25) is 0 Å². The van der Waals surface area contributed by atoms with E-state index in [9.17, 15) is 14.9 Å². The lowest BCUT2D eigenvalue weighted by Gasteiger charge is -2.17. The molecule has 6 heteroatoms. The Labute approximate surface area is 150 Å². The molecule has 0 bridgehead atoms. The van der Waals surface area contributed by atoms with Crippen LogP contribution in [-0.4, -0.2) is 17.9 Å². The van der Waals surface area contributed by atoms with E-state index >= 15 is 0 Å². The van der Waals surface area contributed by atoms with Gasteiger partial charge in [-0.25, -0.2) is 0 Å². The first-order chi connectivity index (χ1) is 12.5. The van der Waals surface area contributed by atoms with Crippen molar-refractivity contribution in [3.8, 4) is 5.75 Å². The largest absolute Gasteiger partial charge is 0.496 e. The average Bonchev–Trinajstić information content (AvgIpc) is 2.66. The van der Waals surface area contributed by atoms with E-state index < -0.39 is 10.8 Å². The normalized spacial score (nSPS) is 11.8. The summed E-state index contributed by atoms with van der Waals surface area (Å²) < 4.78 is 5.18. The van der Waals surface area contributed by atoms with Crippen LogP contribution in [0.3, 0.4) is 0 Å². The Bertz CT molecular complexity index is 979. The molecule has 0 aromatic heterocycles. The molecule has 1 unspecified atom stereocenters. The van der Waals surface area contributed by atoms with Gasteiger partial charge in [0.25, 0.3) is 11.6 Å². The fourth-order valence-electron chi connectivity index (χ4n) is 2.97. The number of nitrogens with one attached hydrogen (secondary N) is 1. The molecular formula is C20H18N2O4. The molecular weight excluding hydrogens is 332 g/mol. The van der Waals surface area contributed by atoms with Crippen molar-refractivity contribution in [1.82, 2.24) is 5.32 Å². The first-order valence-corrected chi connectivity index (χ1v) is 8.12. The monoisotopic (exact) mass is 350 g/mol. The van der Waals surface area contributed by atoms with Gasteiger partial charge in [-0.2, -0.15) is 0 Å². The highest BCUT2D eigenvalue weighted by Crippen LogP contribution is 2.27. The zero-order valence-electron chi connectivity index (χ0n) is 14.4. The molecule has 3 aromatic rings. The predicted octanol–water partition coefficient (Wildman–Crippen LogP) is 4.25. The molecule has 6 nitrogen and oxygen atoms in total. The number of methoxy groups -OCH3 is 1. The number of carbonyl (C=O) groups excluding carboxylic acids is 1. The van der Waals surface area contributed by atoms with Gasteiger partial charge in [0.1, 0.15) is 5.75 Å². The number of hydrogen-bond acceptors (Lipinski definition) is 4. The second-order valence-electron chi connectivity index (χ2n) is 5.91. The van der Waals surface area contributed by atoms with Crippen molar-refractivity contribution < 1.29 is 14.5 Å². The molecule has 0 aliphatic rings. The molecule has 3 rings (SSSR count). The van der Waals surface area contributed by atoms with E-state index in [4.69, 9.17) is 4.74 Å². The minimum absolute atomic E-state index is 0.133. The molecule has 3 aromatic carbocycles. The van der Waals surface area contributed by atoms with E-state index in [0.717, 1.165) is 16.3 Å². The first-order valence-electron chi connectivity index (χ1n) is 8.12. The number of hydrogen-bond donors (Lipinski definition) is 1. The highest BCUT2D eigenvalue weighted by Gasteiger charge is 2.20. The van der Waals surface area contributed by atoms with Crippen molar-refractivity contribution in [1.29, 1.82) is 0 Å². The first kappa shape index (κ1) is 17.4. The molecule has 0 fully saturated rings. The Kier molecular flexibility index (Phi) is 4.84. The number of carbonyl (C=O) groups is 1. The number of rotatable bonds is 5. The van der Waals surface area contributed by atoms with E-state index in [1.54, 1.807) is 0 Å². The summed E-state index contributed by atoms with van der Waals surface area (Å²) in [5.74, 6) is -0.135. The van der Waals surface area contributed by atoms with Crippen molar-refractivity contribution in [3.63, 3.8) is 0 Å². The second kappa shape index (κ2) is 7.23. The third-order valence-electron chi connectivity index (χ3n) is 4.28. The standard InChI is InChI=1S/C20H18N2O4/c1-13(16-9-5-7-14-6-3-4-8-17(14)16)21-20(23)18-12-15(22(24)25)10-11-19(18)26-2/h3-13H,1-2H3,(H,21,23). The van der Waals surface area contributed by atoms with Crippen molar-refractivity contribution >= 4 is 22.4 Å². The fraction of sp³-hybridized carbons (Fsp3) is 0.150. The summed E-state index contributed by atoms with van der Waals surface area (Å²) in [7, 11) is 1.42. The van der Waals surface area contributed by atoms with Gasteiger partial charge in [0.15, 0.2) is 0 Å². The molecule has 0 aliphatic heterocycles. The van der Waals surface area contributed by atoms with Crippen molar-refractivity contribution in [2.24, 2.45) is 0 Å². The molecule has 1 atom stereocenters. The molecule has 132 valence electrons. The Morgan fingerprint density at radius 1 is 1.12 bits per heavy atom. The number of nitrogens with zero attached hydrogens (tertiary/aromatic N) is 1. The molecule has 26 heavy (non-hydrogen) atoms. The highest BCUT2D eigenvalue weighted by molar-refractivity contribution is 5.98. The van der Waals surface area contributed by atoms with Crippen LogP contribution in [0.2, 0.25) is 0 Å². The number of fused-ring (bicyclic) bond motifs is 1. The summed E-state index contributed by atoms with van der Waals surface area (Å²) in [6.07, 6.45) is 0. The summed E-state index contributed by atoms with van der Waals surface area (Å²) in [5.41, 5.74) is 0.948. The zero-order valence-corrected chi connectivity index (χ0v) is 14.4. The van der Waals surface area contributed by atoms with Crippen LogP contribution in [0.1, 0.15) is 28.9 Å². The maximum absolute atomic E-state index is 12.7. The topological polar surface area (TPSA) is 81.5 Å². The SMILES string of the molecule is COc1ccc([N+](=O)[O-])cc1C(=O)NC(C)c1cccc2ccccc12. The lowest BCUT2D eigenvalue weighted by atomic mass is 9.99. The minimum Gasteiger partial charge on any atom is -0.496 e. The van der Waals surface area contributed by atoms with Gasteiger partial charge in [-0.3, -0.25) is 14.9 Å².